The van der Waals surface area contributed by atoms with Gasteiger partial charge in [0, 0.05) is 42.1 Å². The van der Waals surface area contributed by atoms with E-state index in [1.807, 2.05) is 12.1 Å². The van der Waals surface area contributed by atoms with E-state index in [1.165, 1.54) is 23.3 Å². The van der Waals surface area contributed by atoms with Crippen molar-refractivity contribution in [3.8, 4) is 0 Å². The number of fused-ring (bicyclic) bond motifs is 3. The molecule has 3 N–H and O–H groups in total. The summed E-state index contributed by atoms with van der Waals surface area (Å²) in [6.45, 7) is 2.02. The van der Waals surface area contributed by atoms with Crippen LogP contribution in [0.25, 0.3) is 10.9 Å². The fraction of sp³-hybridized carbons (Fsp3) is 0.278. The van der Waals surface area contributed by atoms with Crippen LogP contribution in [0.3, 0.4) is 0 Å². The number of benzene rings is 1. The second-order valence-electron chi connectivity index (χ2n) is 6.20. The Morgan fingerprint density at radius 3 is 2.73 bits per heavy atom. The molecule has 1 aromatic carbocycles. The molecule has 1 amide bonds. The van der Waals surface area contributed by atoms with Gasteiger partial charge in [-0.1, -0.05) is 18.2 Å². The molecule has 3 aromatic rings. The molecule has 0 radical (unpaired) electrons. The molecule has 8 heteroatoms. The van der Waals surface area contributed by atoms with Crippen molar-refractivity contribution in [3.05, 3.63) is 53.5 Å². The van der Waals surface area contributed by atoms with Crippen molar-refractivity contribution in [1.29, 1.82) is 0 Å². The first kappa shape index (κ1) is 16.5. The number of hydroxylamine groups is 1. The first-order valence-corrected chi connectivity index (χ1v) is 8.44. The number of hydrogen-bond donors (Lipinski definition) is 3. The number of carbonyl (C=O) groups is 1. The molecule has 1 aliphatic rings. The van der Waals surface area contributed by atoms with E-state index in [2.05, 4.69) is 31.6 Å². The zero-order chi connectivity index (χ0) is 18.1. The van der Waals surface area contributed by atoms with Gasteiger partial charge >= 0.3 is 0 Å². The SMILES string of the molecule is O=C(NO)c1cnc(N2CCc3c(n(CCO)c4ccccc34)C2)nc1. The molecule has 3 heterocycles. The Bertz CT molecular complexity index is 951. The summed E-state index contributed by atoms with van der Waals surface area (Å²) in [5.74, 6) is -0.105. The van der Waals surface area contributed by atoms with Crippen molar-refractivity contribution < 1.29 is 15.1 Å². The van der Waals surface area contributed by atoms with Gasteiger partial charge in [0.15, 0.2) is 0 Å². The fourth-order valence-corrected chi connectivity index (χ4v) is 3.59. The molecule has 0 aliphatic carbocycles. The first-order chi connectivity index (χ1) is 12.7. The molecule has 1 aliphatic heterocycles. The van der Waals surface area contributed by atoms with Crippen molar-refractivity contribution in [2.45, 2.75) is 19.5 Å². The molecule has 8 nitrogen and oxygen atoms in total. The smallest absolute Gasteiger partial charge is 0.277 e. The zero-order valence-corrected chi connectivity index (χ0v) is 14.1. The summed E-state index contributed by atoms with van der Waals surface area (Å²) >= 11 is 0. The molecule has 0 atom stereocenters. The number of aromatic nitrogens is 3. The highest BCUT2D eigenvalue weighted by atomic mass is 16.5. The van der Waals surface area contributed by atoms with Gasteiger partial charge < -0.3 is 14.6 Å². The number of aliphatic hydroxyl groups excluding tert-OH is 1. The summed E-state index contributed by atoms with van der Waals surface area (Å²) in [7, 11) is 0. The lowest BCUT2D eigenvalue weighted by atomic mass is 10.0. The van der Waals surface area contributed by atoms with E-state index < -0.39 is 5.91 Å². The monoisotopic (exact) mass is 353 g/mol. The van der Waals surface area contributed by atoms with Gasteiger partial charge in [0.1, 0.15) is 0 Å². The largest absolute Gasteiger partial charge is 0.395 e. The summed E-state index contributed by atoms with van der Waals surface area (Å²) in [4.78, 5) is 22.0. The Labute approximate surface area is 149 Å². The number of amides is 1. The van der Waals surface area contributed by atoms with E-state index in [0.29, 0.717) is 19.0 Å². The molecule has 0 unspecified atom stereocenters. The minimum absolute atomic E-state index is 0.0760. The highest BCUT2D eigenvalue weighted by Gasteiger charge is 2.25. The maximum atomic E-state index is 11.4. The van der Waals surface area contributed by atoms with Gasteiger partial charge in [0.2, 0.25) is 5.95 Å². The number of nitrogens with one attached hydrogen (secondary N) is 1. The van der Waals surface area contributed by atoms with E-state index in [9.17, 15) is 9.90 Å². The van der Waals surface area contributed by atoms with Crippen molar-refractivity contribution in [2.24, 2.45) is 0 Å². The lowest BCUT2D eigenvalue weighted by Gasteiger charge is -2.28. The van der Waals surface area contributed by atoms with Crippen LogP contribution >= 0.6 is 0 Å². The highest BCUT2D eigenvalue weighted by Crippen LogP contribution is 2.31. The van der Waals surface area contributed by atoms with Crippen LogP contribution in [0.15, 0.2) is 36.7 Å². The van der Waals surface area contributed by atoms with Gasteiger partial charge in [-0.2, -0.15) is 0 Å². The standard InChI is InChI=1S/C18H19N5O3/c24-8-7-23-15-4-2-1-3-13(15)14-5-6-22(11-16(14)23)18-19-9-12(10-20-18)17(25)21-26/h1-4,9-10,24,26H,5-8,11H2,(H,21,25). The minimum Gasteiger partial charge on any atom is -0.395 e. The number of aliphatic hydroxyl groups is 1. The molecule has 2 aromatic heterocycles. The molecule has 0 bridgehead atoms. The first-order valence-electron chi connectivity index (χ1n) is 8.44. The lowest BCUT2D eigenvalue weighted by Crippen LogP contribution is -2.33. The summed E-state index contributed by atoms with van der Waals surface area (Å²) in [6, 6.07) is 8.24. The third-order valence-corrected chi connectivity index (χ3v) is 4.77. The summed E-state index contributed by atoms with van der Waals surface area (Å²) in [5, 5.41) is 19.4. The van der Waals surface area contributed by atoms with E-state index in [-0.39, 0.29) is 12.2 Å². The average Bonchev–Trinajstić information content (AvgIpc) is 3.01. The summed E-state index contributed by atoms with van der Waals surface area (Å²) < 4.78 is 2.16. The summed E-state index contributed by atoms with van der Waals surface area (Å²) in [5.41, 5.74) is 5.36. The minimum atomic E-state index is -0.638. The van der Waals surface area contributed by atoms with Crippen molar-refractivity contribution >= 4 is 22.8 Å². The Kier molecular flexibility index (Phi) is 4.27. The second kappa shape index (κ2) is 6.74. The van der Waals surface area contributed by atoms with Gasteiger partial charge in [-0.05, 0) is 18.1 Å². The lowest BCUT2D eigenvalue weighted by molar-refractivity contribution is 0.0705. The van der Waals surface area contributed by atoms with Crippen LogP contribution in [-0.2, 0) is 19.5 Å². The van der Waals surface area contributed by atoms with Crippen LogP contribution in [-0.4, -0.2) is 43.9 Å². The van der Waals surface area contributed by atoms with Crippen LogP contribution in [0.4, 0.5) is 5.95 Å². The molecular weight excluding hydrogens is 334 g/mol. The van der Waals surface area contributed by atoms with Gasteiger partial charge in [-0.3, -0.25) is 10.0 Å². The number of rotatable bonds is 4. The quantitative estimate of drug-likeness (QED) is 0.479. The van der Waals surface area contributed by atoms with E-state index in [1.54, 1.807) is 5.48 Å². The maximum Gasteiger partial charge on any atom is 0.277 e. The number of para-hydroxylation sites is 1. The van der Waals surface area contributed by atoms with Gasteiger partial charge in [-0.25, -0.2) is 15.4 Å². The predicted molar refractivity (Wildman–Crippen MR) is 95.1 cm³/mol. The van der Waals surface area contributed by atoms with E-state index in [4.69, 9.17) is 5.21 Å². The van der Waals surface area contributed by atoms with Crippen molar-refractivity contribution in [3.63, 3.8) is 0 Å². The molecule has 0 saturated heterocycles. The highest BCUT2D eigenvalue weighted by molar-refractivity contribution is 5.92. The van der Waals surface area contributed by atoms with Crippen LogP contribution in [0.5, 0.6) is 0 Å². The van der Waals surface area contributed by atoms with Crippen LogP contribution in [0.2, 0.25) is 0 Å². The number of hydrogen-bond acceptors (Lipinski definition) is 6. The van der Waals surface area contributed by atoms with E-state index >= 15 is 0 Å². The molecule has 0 spiro atoms. The topological polar surface area (TPSA) is 104 Å². The molecule has 4 rings (SSSR count). The molecule has 0 fully saturated rings. The van der Waals surface area contributed by atoms with Gasteiger partial charge in [0.05, 0.1) is 18.7 Å². The Morgan fingerprint density at radius 1 is 1.23 bits per heavy atom. The Morgan fingerprint density at radius 2 is 2.00 bits per heavy atom. The zero-order valence-electron chi connectivity index (χ0n) is 14.1. The number of nitrogens with zero attached hydrogens (tertiary/aromatic N) is 4. The number of carbonyl (C=O) groups excluding carboxylic acids is 1. The fourth-order valence-electron chi connectivity index (χ4n) is 3.59. The summed E-state index contributed by atoms with van der Waals surface area (Å²) in [6.07, 6.45) is 3.65. The Hall–Kier alpha value is -2.97. The van der Waals surface area contributed by atoms with Gasteiger partial charge in [-0.15, -0.1) is 0 Å². The van der Waals surface area contributed by atoms with Crippen LogP contribution in [0.1, 0.15) is 21.6 Å². The third-order valence-electron chi connectivity index (χ3n) is 4.77. The average molecular weight is 353 g/mol. The maximum absolute atomic E-state index is 11.4. The Balaban J connectivity index is 1.68. The molecule has 0 saturated carbocycles. The third kappa shape index (κ3) is 2.69. The number of anilines is 1. The van der Waals surface area contributed by atoms with E-state index in [0.717, 1.165) is 24.2 Å². The molecular formula is C18H19N5O3. The predicted octanol–water partition coefficient (Wildman–Crippen LogP) is 1.11. The van der Waals surface area contributed by atoms with Crippen molar-refractivity contribution in [1.82, 2.24) is 20.0 Å². The second-order valence-corrected chi connectivity index (χ2v) is 6.20. The van der Waals surface area contributed by atoms with Crippen LogP contribution < -0.4 is 10.4 Å². The normalized spacial score (nSPS) is 13.7. The molecule has 26 heavy (non-hydrogen) atoms. The van der Waals surface area contributed by atoms with Crippen LogP contribution in [0, 0.1) is 0 Å². The van der Waals surface area contributed by atoms with Crippen molar-refractivity contribution in [2.75, 3.05) is 18.1 Å². The molecule has 134 valence electrons. The van der Waals surface area contributed by atoms with Gasteiger partial charge in [0.25, 0.3) is 5.91 Å².